The molecule has 1 aromatic heterocycles. The number of anilines is 1. The summed E-state index contributed by atoms with van der Waals surface area (Å²) in [5, 5.41) is 7.02. The third-order valence-corrected chi connectivity index (χ3v) is 4.36. The molecule has 1 aliphatic rings. The lowest BCUT2D eigenvalue weighted by Crippen LogP contribution is -2.27. The van der Waals surface area contributed by atoms with Crippen LogP contribution in [-0.2, 0) is 9.53 Å². The molecule has 128 valence electrons. The van der Waals surface area contributed by atoms with Crippen molar-refractivity contribution in [1.82, 2.24) is 9.78 Å². The summed E-state index contributed by atoms with van der Waals surface area (Å²) in [7, 11) is 0. The van der Waals surface area contributed by atoms with Gasteiger partial charge in [0.05, 0.1) is 17.3 Å². The Morgan fingerprint density at radius 2 is 2.21 bits per heavy atom. The molecule has 2 atom stereocenters. The first kappa shape index (κ1) is 16.6. The zero-order valence-electron chi connectivity index (χ0n) is 14.1. The molecule has 3 rings (SSSR count). The van der Waals surface area contributed by atoms with E-state index in [0.29, 0.717) is 18.6 Å². The molecule has 1 N–H and O–H groups in total. The Balaban J connectivity index is 1.81. The van der Waals surface area contributed by atoms with Gasteiger partial charge in [-0.05, 0) is 44.9 Å². The highest BCUT2D eigenvalue weighted by atomic mass is 19.1. The van der Waals surface area contributed by atoms with Crippen LogP contribution >= 0.6 is 0 Å². The molecule has 5 nitrogen and oxygen atoms in total. The predicted octanol–water partition coefficient (Wildman–Crippen LogP) is 3.63. The number of amides is 1. The van der Waals surface area contributed by atoms with Crippen LogP contribution in [0.1, 0.15) is 43.7 Å². The molecule has 0 spiro atoms. The summed E-state index contributed by atoms with van der Waals surface area (Å²) in [6.45, 7) is 6.24. The van der Waals surface area contributed by atoms with Crippen molar-refractivity contribution < 1.29 is 13.9 Å². The lowest BCUT2D eigenvalue weighted by molar-refractivity contribution is -0.121. The predicted molar refractivity (Wildman–Crippen MR) is 89.2 cm³/mol. The number of aromatic nitrogens is 2. The van der Waals surface area contributed by atoms with E-state index in [0.717, 1.165) is 5.69 Å². The lowest BCUT2D eigenvalue weighted by Gasteiger charge is -2.21. The molecule has 0 unspecified atom stereocenters. The Labute approximate surface area is 140 Å². The van der Waals surface area contributed by atoms with Crippen molar-refractivity contribution in [3.05, 3.63) is 47.5 Å². The summed E-state index contributed by atoms with van der Waals surface area (Å²) in [5.41, 5.74) is 1.60. The average Bonchev–Trinajstić information content (AvgIpc) is 3.19. The van der Waals surface area contributed by atoms with E-state index in [4.69, 9.17) is 4.74 Å². The molecule has 24 heavy (non-hydrogen) atoms. The monoisotopic (exact) mass is 331 g/mol. The summed E-state index contributed by atoms with van der Waals surface area (Å²) in [4.78, 5) is 12.7. The van der Waals surface area contributed by atoms with Gasteiger partial charge in [-0.2, -0.15) is 5.10 Å². The van der Waals surface area contributed by atoms with Gasteiger partial charge in [0.25, 0.3) is 0 Å². The van der Waals surface area contributed by atoms with E-state index >= 15 is 0 Å². The second-order valence-corrected chi connectivity index (χ2v) is 6.41. The van der Waals surface area contributed by atoms with Crippen molar-refractivity contribution in [2.45, 2.75) is 39.3 Å². The van der Waals surface area contributed by atoms with Crippen LogP contribution in [0.15, 0.2) is 30.5 Å². The van der Waals surface area contributed by atoms with E-state index in [1.54, 1.807) is 31.3 Å². The molecule has 1 amide bonds. The fourth-order valence-electron chi connectivity index (χ4n) is 3.10. The smallest absolute Gasteiger partial charge is 0.230 e. The van der Waals surface area contributed by atoms with Gasteiger partial charge >= 0.3 is 0 Å². The van der Waals surface area contributed by atoms with Gasteiger partial charge in [0.1, 0.15) is 11.9 Å². The molecule has 6 heteroatoms. The van der Waals surface area contributed by atoms with Crippen LogP contribution < -0.4 is 5.32 Å². The minimum absolute atomic E-state index is 0.178. The van der Waals surface area contributed by atoms with Gasteiger partial charge in [0, 0.05) is 18.8 Å². The van der Waals surface area contributed by atoms with Crippen LogP contribution in [0, 0.1) is 18.7 Å². The van der Waals surface area contributed by atoms with Crippen molar-refractivity contribution in [3.63, 3.8) is 0 Å². The number of ether oxygens (including phenoxy) is 1. The number of nitrogens with one attached hydrogen (secondary N) is 1. The molecule has 0 radical (unpaired) electrons. The number of hydrogen-bond donors (Lipinski definition) is 1. The topological polar surface area (TPSA) is 56.1 Å². The number of aryl methyl sites for hydroxylation is 1. The van der Waals surface area contributed by atoms with Crippen molar-refractivity contribution >= 4 is 11.6 Å². The average molecular weight is 331 g/mol. The Hall–Kier alpha value is -2.21. The van der Waals surface area contributed by atoms with Crippen LogP contribution in [0.3, 0.4) is 0 Å². The summed E-state index contributed by atoms with van der Waals surface area (Å²) in [5.74, 6) is -0.980. The second kappa shape index (κ2) is 6.73. The maximum Gasteiger partial charge on any atom is 0.230 e. The standard InChI is InChI=1S/C18H22FN3O2/c1-11(2)22-15(7-9-20-22)17-13(8-10-24-17)18(23)21-14-6-4-5-12(3)16(14)19/h4-7,9,11,13,17H,8,10H2,1-3H3,(H,21,23)/t13-,17-/m0/s1. The van der Waals surface area contributed by atoms with E-state index in [1.165, 1.54) is 0 Å². The van der Waals surface area contributed by atoms with Crippen molar-refractivity contribution in [2.24, 2.45) is 5.92 Å². The summed E-state index contributed by atoms with van der Waals surface area (Å²) < 4.78 is 21.8. The molecule has 1 saturated heterocycles. The minimum Gasteiger partial charge on any atom is -0.371 e. The van der Waals surface area contributed by atoms with E-state index < -0.39 is 5.82 Å². The first-order valence-electron chi connectivity index (χ1n) is 8.20. The minimum atomic E-state index is -0.395. The Bertz CT molecular complexity index is 742. The van der Waals surface area contributed by atoms with Gasteiger partial charge in [-0.25, -0.2) is 4.39 Å². The van der Waals surface area contributed by atoms with Crippen molar-refractivity contribution in [1.29, 1.82) is 0 Å². The number of hydrogen-bond acceptors (Lipinski definition) is 3. The molecule has 1 aliphatic heterocycles. The third kappa shape index (κ3) is 3.06. The highest BCUT2D eigenvalue weighted by molar-refractivity contribution is 5.93. The summed E-state index contributed by atoms with van der Waals surface area (Å²) >= 11 is 0. The molecule has 2 aromatic rings. The molecule has 0 bridgehead atoms. The maximum atomic E-state index is 14.1. The third-order valence-electron chi connectivity index (χ3n) is 4.36. The summed E-state index contributed by atoms with van der Waals surface area (Å²) in [6, 6.07) is 7.03. The van der Waals surface area contributed by atoms with Gasteiger partial charge in [-0.3, -0.25) is 9.48 Å². The van der Waals surface area contributed by atoms with Crippen LogP contribution in [0.4, 0.5) is 10.1 Å². The quantitative estimate of drug-likeness (QED) is 0.931. The molecule has 1 aromatic carbocycles. The lowest BCUT2D eigenvalue weighted by atomic mass is 9.97. The second-order valence-electron chi connectivity index (χ2n) is 6.41. The van der Waals surface area contributed by atoms with E-state index in [9.17, 15) is 9.18 Å². The Morgan fingerprint density at radius 3 is 2.96 bits per heavy atom. The van der Waals surface area contributed by atoms with E-state index in [1.807, 2.05) is 24.6 Å². The normalized spacial score (nSPS) is 20.5. The Morgan fingerprint density at radius 1 is 1.42 bits per heavy atom. The van der Waals surface area contributed by atoms with Gasteiger partial charge in [0.2, 0.25) is 5.91 Å². The molecular weight excluding hydrogens is 309 g/mol. The van der Waals surface area contributed by atoms with Crippen molar-refractivity contribution in [2.75, 3.05) is 11.9 Å². The highest BCUT2D eigenvalue weighted by Gasteiger charge is 2.37. The van der Waals surface area contributed by atoms with Crippen LogP contribution in [-0.4, -0.2) is 22.3 Å². The van der Waals surface area contributed by atoms with Gasteiger partial charge in [-0.15, -0.1) is 0 Å². The number of nitrogens with zero attached hydrogens (tertiary/aromatic N) is 2. The summed E-state index contributed by atoms with van der Waals surface area (Å²) in [6.07, 6.45) is 1.96. The molecule has 0 saturated carbocycles. The fraction of sp³-hybridized carbons (Fsp3) is 0.444. The SMILES string of the molecule is Cc1cccc(NC(=O)[C@H]2CCO[C@@H]2c2ccnn2C(C)C)c1F. The van der Waals surface area contributed by atoms with Gasteiger partial charge in [-0.1, -0.05) is 12.1 Å². The maximum absolute atomic E-state index is 14.1. The van der Waals surface area contributed by atoms with E-state index in [-0.39, 0.29) is 29.7 Å². The number of rotatable bonds is 4. The fourth-order valence-corrected chi connectivity index (χ4v) is 3.10. The van der Waals surface area contributed by atoms with Crippen LogP contribution in [0.2, 0.25) is 0 Å². The number of carbonyl (C=O) groups excluding carboxylic acids is 1. The highest BCUT2D eigenvalue weighted by Crippen LogP contribution is 2.36. The first-order chi connectivity index (χ1) is 11.5. The molecule has 0 aliphatic carbocycles. The molecule has 2 heterocycles. The van der Waals surface area contributed by atoms with E-state index in [2.05, 4.69) is 10.4 Å². The zero-order valence-corrected chi connectivity index (χ0v) is 14.1. The van der Waals surface area contributed by atoms with Crippen LogP contribution in [0.25, 0.3) is 0 Å². The Kier molecular flexibility index (Phi) is 4.66. The van der Waals surface area contributed by atoms with Crippen molar-refractivity contribution in [3.8, 4) is 0 Å². The largest absolute Gasteiger partial charge is 0.371 e. The van der Waals surface area contributed by atoms with Gasteiger partial charge < -0.3 is 10.1 Å². The number of benzene rings is 1. The number of halogens is 1. The zero-order chi connectivity index (χ0) is 17.3. The van der Waals surface area contributed by atoms with Crippen LogP contribution in [0.5, 0.6) is 0 Å². The van der Waals surface area contributed by atoms with Gasteiger partial charge in [0.15, 0.2) is 0 Å². The number of carbonyl (C=O) groups is 1. The first-order valence-corrected chi connectivity index (χ1v) is 8.20. The molecular formula is C18H22FN3O2. The molecule has 1 fully saturated rings.